The van der Waals surface area contributed by atoms with Crippen molar-refractivity contribution in [1.29, 1.82) is 0 Å². The summed E-state index contributed by atoms with van der Waals surface area (Å²) in [6.45, 7) is 1.42. The van der Waals surface area contributed by atoms with Gasteiger partial charge < -0.3 is 17.7 Å². The van der Waals surface area contributed by atoms with Gasteiger partial charge in [-0.2, -0.15) is 0 Å². The van der Waals surface area contributed by atoms with Crippen LogP contribution in [0.4, 0.5) is 12.9 Å². The molecule has 2 unspecified atom stereocenters. The molecule has 1 aliphatic rings. The van der Waals surface area contributed by atoms with E-state index in [2.05, 4.69) is 13.5 Å². The Bertz CT molecular complexity index is 262. The number of ether oxygens (including phenoxy) is 1. The summed E-state index contributed by atoms with van der Waals surface area (Å²) in [5.41, 5.74) is -0.621. The number of halogens is 3. The van der Waals surface area contributed by atoms with Gasteiger partial charge in [-0.15, -0.1) is 12.1 Å². The maximum Gasteiger partial charge on any atom is 1.00 e. The van der Waals surface area contributed by atoms with Gasteiger partial charge in [-0.1, -0.05) is 6.92 Å². The Labute approximate surface area is 143 Å². The van der Waals surface area contributed by atoms with Crippen molar-refractivity contribution >= 4 is 6.98 Å². The van der Waals surface area contributed by atoms with Gasteiger partial charge in [0.2, 0.25) is 0 Å². The molecule has 1 rings (SSSR count). The van der Waals surface area contributed by atoms with E-state index < -0.39 is 12.4 Å². The van der Waals surface area contributed by atoms with Gasteiger partial charge in [0, 0.05) is 13.7 Å². The van der Waals surface area contributed by atoms with E-state index in [4.69, 9.17) is 4.74 Å². The minimum atomic E-state index is -4.91. The van der Waals surface area contributed by atoms with Gasteiger partial charge in [0.15, 0.2) is 0 Å². The van der Waals surface area contributed by atoms with E-state index in [0.717, 1.165) is 6.42 Å². The van der Waals surface area contributed by atoms with Crippen molar-refractivity contribution in [3.05, 3.63) is 12.1 Å². The predicted molar refractivity (Wildman–Crippen MR) is 59.2 cm³/mol. The molecule has 0 N–H and O–H groups in total. The fourth-order valence-electron chi connectivity index (χ4n) is 1.94. The fourth-order valence-corrected chi connectivity index (χ4v) is 1.94. The van der Waals surface area contributed by atoms with Crippen LogP contribution >= 0.6 is 0 Å². The van der Waals surface area contributed by atoms with Crippen LogP contribution < -0.4 is 51.4 Å². The summed E-state index contributed by atoms with van der Waals surface area (Å²) in [5, 5.41) is 0. The summed E-state index contributed by atoms with van der Waals surface area (Å²) in [5.74, 6) is 0.408. The molecule has 0 aromatic heterocycles. The zero-order chi connectivity index (χ0) is 12.3. The molecule has 17 heavy (non-hydrogen) atoms. The van der Waals surface area contributed by atoms with E-state index in [0.29, 0.717) is 19.0 Å². The van der Waals surface area contributed by atoms with Crippen LogP contribution in [0.3, 0.4) is 0 Å². The molecule has 0 aliphatic carbocycles. The van der Waals surface area contributed by atoms with Gasteiger partial charge in [-0.3, -0.25) is 4.90 Å². The van der Waals surface area contributed by atoms with Crippen LogP contribution in [0.1, 0.15) is 13.3 Å². The molecule has 0 radical (unpaired) electrons. The van der Waals surface area contributed by atoms with Crippen LogP contribution in [0, 0.1) is 5.92 Å². The van der Waals surface area contributed by atoms with E-state index in [1.54, 1.807) is 12.0 Å². The zero-order valence-electron chi connectivity index (χ0n) is 10.8. The van der Waals surface area contributed by atoms with Crippen LogP contribution in [0.25, 0.3) is 0 Å². The third kappa shape index (κ3) is 5.76. The van der Waals surface area contributed by atoms with Gasteiger partial charge >= 0.3 is 58.4 Å². The number of piperidine rings is 1. The number of methoxy groups -OCH3 is 1. The first-order chi connectivity index (χ1) is 7.34. The Morgan fingerprint density at radius 1 is 1.47 bits per heavy atom. The van der Waals surface area contributed by atoms with E-state index in [1.165, 1.54) is 0 Å². The average molecular weight is 275 g/mol. The Balaban J connectivity index is 0.00000256. The van der Waals surface area contributed by atoms with Crippen LogP contribution in [0.2, 0.25) is 0 Å². The van der Waals surface area contributed by atoms with Gasteiger partial charge in [-0.25, -0.2) is 0 Å². The molecule has 7 heteroatoms. The molecule has 94 valence electrons. The molecule has 1 aliphatic heterocycles. The van der Waals surface area contributed by atoms with Gasteiger partial charge in [0.25, 0.3) is 0 Å². The summed E-state index contributed by atoms with van der Waals surface area (Å²) in [4.78, 5) is 1.77. The molecular formula is C10H18BF3KNO. The van der Waals surface area contributed by atoms with Crippen molar-refractivity contribution in [3.8, 4) is 0 Å². The second-order valence-electron chi connectivity index (χ2n) is 4.51. The normalized spacial score (nSPS) is 26.4. The van der Waals surface area contributed by atoms with Crippen LogP contribution in [-0.4, -0.2) is 44.7 Å². The Morgan fingerprint density at radius 2 is 2.06 bits per heavy atom. The molecule has 1 heterocycles. The summed E-state index contributed by atoms with van der Waals surface area (Å²) >= 11 is 0. The topological polar surface area (TPSA) is 12.5 Å². The van der Waals surface area contributed by atoms with Gasteiger partial charge in [0.1, 0.15) is 0 Å². The van der Waals surface area contributed by atoms with Crippen molar-refractivity contribution in [1.82, 2.24) is 4.90 Å². The van der Waals surface area contributed by atoms with Crippen molar-refractivity contribution in [2.75, 3.05) is 26.7 Å². The van der Waals surface area contributed by atoms with Crippen molar-refractivity contribution in [3.63, 3.8) is 0 Å². The summed E-state index contributed by atoms with van der Waals surface area (Å²) < 4.78 is 42.3. The molecule has 0 saturated carbocycles. The molecule has 2 nitrogen and oxygen atoms in total. The minimum Gasteiger partial charge on any atom is -0.445 e. The zero-order valence-corrected chi connectivity index (χ0v) is 13.9. The number of rotatable bonds is 4. The van der Waals surface area contributed by atoms with Gasteiger partial charge in [-0.05, 0) is 25.4 Å². The Kier molecular flexibility index (Phi) is 8.19. The largest absolute Gasteiger partial charge is 1.00 e. The van der Waals surface area contributed by atoms with Crippen LogP contribution in [0.5, 0.6) is 0 Å². The second kappa shape index (κ2) is 7.67. The Hall–Kier alpha value is 1.15. The van der Waals surface area contributed by atoms with Crippen LogP contribution in [0.15, 0.2) is 12.1 Å². The molecule has 0 aromatic rings. The molecule has 1 fully saturated rings. The maximum atomic E-state index is 12.4. The monoisotopic (exact) mass is 275 g/mol. The summed E-state index contributed by atoms with van der Waals surface area (Å²) in [6, 6.07) is 0. The first kappa shape index (κ1) is 18.2. The van der Waals surface area contributed by atoms with E-state index in [1.807, 2.05) is 0 Å². The number of nitrogens with zero attached hydrogens (tertiary/aromatic N) is 1. The molecule has 2 atom stereocenters. The summed E-state index contributed by atoms with van der Waals surface area (Å²) in [6.07, 6.45) is 0.902. The average Bonchev–Trinajstić information content (AvgIpc) is 2.19. The molecule has 0 bridgehead atoms. The second-order valence-corrected chi connectivity index (χ2v) is 4.51. The summed E-state index contributed by atoms with van der Waals surface area (Å²) in [7, 11) is 1.60. The number of hydrogen-bond acceptors (Lipinski definition) is 2. The first-order valence-electron chi connectivity index (χ1n) is 5.47. The van der Waals surface area contributed by atoms with Crippen molar-refractivity contribution in [2.45, 2.75) is 19.4 Å². The van der Waals surface area contributed by atoms with E-state index in [-0.39, 0.29) is 64.0 Å². The third-order valence-electron chi connectivity index (χ3n) is 3.17. The minimum absolute atomic E-state index is 0. The number of likely N-dealkylation sites (tertiary alicyclic amines) is 1. The predicted octanol–water partition coefficient (Wildman–Crippen LogP) is -0.710. The maximum absolute atomic E-state index is 12.4. The van der Waals surface area contributed by atoms with Crippen molar-refractivity contribution in [2.24, 2.45) is 5.92 Å². The molecule has 0 amide bonds. The molecule has 0 aromatic carbocycles. The quantitative estimate of drug-likeness (QED) is 0.629. The van der Waals surface area contributed by atoms with Crippen molar-refractivity contribution < 1.29 is 69.1 Å². The Morgan fingerprint density at radius 3 is 2.53 bits per heavy atom. The molecule has 0 spiro atoms. The smallest absolute Gasteiger partial charge is 0.445 e. The van der Waals surface area contributed by atoms with E-state index in [9.17, 15) is 12.9 Å². The first-order valence-corrected chi connectivity index (χ1v) is 5.47. The fraction of sp³-hybridized carbons (Fsp3) is 0.800. The standard InChI is InChI=1S/C10H18BF3NO.K/c1-8-4-5-15(7-10(8)16-3)6-9(2)11(12,13)14;/h8,10H,2,4-7H2,1,3H3;/q-1;+1. The van der Waals surface area contributed by atoms with Crippen LogP contribution in [-0.2, 0) is 4.74 Å². The van der Waals surface area contributed by atoms with Gasteiger partial charge in [0.05, 0.1) is 6.10 Å². The SMILES string of the molecule is C=C(CN1CCC(C)C(OC)C1)[B-](F)(F)F.[K+]. The molecular weight excluding hydrogens is 257 g/mol. The van der Waals surface area contributed by atoms with E-state index >= 15 is 0 Å². The molecule has 1 saturated heterocycles. The third-order valence-corrected chi connectivity index (χ3v) is 3.17. The number of hydrogen-bond donors (Lipinski definition) is 0.